The molecule has 4 nitrogen and oxygen atoms in total. The summed E-state index contributed by atoms with van der Waals surface area (Å²) in [5.74, 6) is -0.115. The third kappa shape index (κ3) is 3.38. The number of ether oxygens (including phenoxy) is 1. The van der Waals surface area contributed by atoms with Crippen molar-refractivity contribution in [1.82, 2.24) is 4.90 Å². The van der Waals surface area contributed by atoms with E-state index >= 15 is 0 Å². The van der Waals surface area contributed by atoms with E-state index in [2.05, 4.69) is 4.90 Å². The van der Waals surface area contributed by atoms with Gasteiger partial charge in [-0.2, -0.15) is 0 Å². The third-order valence-corrected chi connectivity index (χ3v) is 8.27. The number of nitrogens with two attached hydrogens (primary N) is 1. The third-order valence-electron chi connectivity index (χ3n) is 7.78. The Balaban J connectivity index is 1.76. The highest BCUT2D eigenvalue weighted by atomic mass is 35.5. The summed E-state index contributed by atoms with van der Waals surface area (Å²) in [6.45, 7) is 3.98. The lowest BCUT2D eigenvalue weighted by molar-refractivity contribution is -0.153. The minimum absolute atomic E-state index is 0.0422. The molecule has 4 unspecified atom stereocenters. The van der Waals surface area contributed by atoms with Crippen LogP contribution in [0.5, 0.6) is 0 Å². The van der Waals surface area contributed by atoms with Crippen molar-refractivity contribution in [1.29, 1.82) is 0 Å². The Morgan fingerprint density at radius 1 is 1.00 bits per heavy atom. The lowest BCUT2D eigenvalue weighted by Gasteiger charge is -2.46. The lowest BCUT2D eigenvalue weighted by atomic mass is 9.66. The molecule has 1 saturated carbocycles. The fourth-order valence-electron chi connectivity index (χ4n) is 6.60. The zero-order valence-electron chi connectivity index (χ0n) is 18.6. The highest BCUT2D eigenvalue weighted by Crippen LogP contribution is 2.58. The standard InChI is InChI=1S/C26H30Cl2N2O2/c1-25(2)30-22(24(31)32-25)21(17-9-6-10-20(28)15-17)26(29,18-11-13-19(27)14-12-18)23(30)16-7-4-3-5-8-16/h6,9-16,21-23H,3-5,7-8,29H2,1-2H3. The molecule has 32 heavy (non-hydrogen) atoms. The van der Waals surface area contributed by atoms with Gasteiger partial charge in [-0.25, -0.2) is 4.90 Å². The smallest absolute Gasteiger partial charge is 0.325 e. The van der Waals surface area contributed by atoms with Crippen molar-refractivity contribution in [3.63, 3.8) is 0 Å². The van der Waals surface area contributed by atoms with E-state index < -0.39 is 17.3 Å². The van der Waals surface area contributed by atoms with Crippen LogP contribution in [0.4, 0.5) is 0 Å². The number of rotatable bonds is 3. The molecule has 2 heterocycles. The second-order valence-electron chi connectivity index (χ2n) is 10.0. The summed E-state index contributed by atoms with van der Waals surface area (Å²) in [6, 6.07) is 15.1. The Hall–Kier alpha value is -1.59. The number of benzene rings is 2. The second kappa shape index (κ2) is 8.02. The average molecular weight is 473 g/mol. The Morgan fingerprint density at radius 2 is 1.69 bits per heavy atom. The number of fused-ring (bicyclic) bond motifs is 1. The summed E-state index contributed by atoms with van der Waals surface area (Å²) in [7, 11) is 0. The maximum Gasteiger partial charge on any atom is 0.325 e. The molecule has 2 aromatic rings. The van der Waals surface area contributed by atoms with Gasteiger partial charge < -0.3 is 10.5 Å². The predicted molar refractivity (Wildman–Crippen MR) is 128 cm³/mol. The summed E-state index contributed by atoms with van der Waals surface area (Å²) in [5.41, 5.74) is 8.02. The molecule has 5 rings (SSSR count). The molecule has 3 fully saturated rings. The number of nitrogens with zero attached hydrogens (tertiary/aromatic N) is 1. The van der Waals surface area contributed by atoms with Crippen LogP contribution in [0, 0.1) is 5.92 Å². The molecule has 0 bridgehead atoms. The summed E-state index contributed by atoms with van der Waals surface area (Å²) in [5, 5.41) is 1.31. The fourth-order valence-corrected chi connectivity index (χ4v) is 6.93. The van der Waals surface area contributed by atoms with Crippen molar-refractivity contribution in [2.45, 2.75) is 75.2 Å². The number of esters is 1. The molecule has 6 heteroatoms. The molecule has 2 aliphatic heterocycles. The highest BCUT2D eigenvalue weighted by molar-refractivity contribution is 6.30. The van der Waals surface area contributed by atoms with Gasteiger partial charge in [-0.15, -0.1) is 0 Å². The quantitative estimate of drug-likeness (QED) is 0.568. The normalized spacial score (nSPS) is 32.7. The zero-order valence-corrected chi connectivity index (χ0v) is 20.1. The number of cyclic esters (lactones) is 1. The minimum Gasteiger partial charge on any atom is -0.443 e. The van der Waals surface area contributed by atoms with Gasteiger partial charge in [0, 0.05) is 22.0 Å². The van der Waals surface area contributed by atoms with Crippen molar-refractivity contribution in [3.05, 3.63) is 69.7 Å². The van der Waals surface area contributed by atoms with Gasteiger partial charge in [-0.3, -0.25) is 4.79 Å². The van der Waals surface area contributed by atoms with Crippen LogP contribution in [0.3, 0.4) is 0 Å². The van der Waals surface area contributed by atoms with E-state index in [0.717, 1.165) is 24.0 Å². The van der Waals surface area contributed by atoms with Gasteiger partial charge in [0.2, 0.25) is 0 Å². The Labute approximate surface area is 200 Å². The largest absolute Gasteiger partial charge is 0.443 e. The van der Waals surface area contributed by atoms with Crippen LogP contribution < -0.4 is 5.73 Å². The summed E-state index contributed by atoms with van der Waals surface area (Å²) in [4.78, 5) is 15.7. The SMILES string of the molecule is CC1(C)OC(=O)C2C(c3cccc(Cl)c3)C(N)(c3ccc(Cl)cc3)C(C3CCCCC3)N21. The maximum atomic E-state index is 13.4. The Bertz CT molecular complexity index is 1020. The van der Waals surface area contributed by atoms with Gasteiger partial charge in [-0.1, -0.05) is 66.7 Å². The van der Waals surface area contributed by atoms with Crippen LogP contribution in [0.1, 0.15) is 63.0 Å². The van der Waals surface area contributed by atoms with Gasteiger partial charge in [0.25, 0.3) is 0 Å². The number of halogens is 2. The van der Waals surface area contributed by atoms with E-state index in [1.165, 1.54) is 19.3 Å². The molecule has 0 spiro atoms. The molecule has 3 aliphatic rings. The van der Waals surface area contributed by atoms with E-state index in [1.54, 1.807) is 0 Å². The van der Waals surface area contributed by atoms with Gasteiger partial charge in [0.1, 0.15) is 6.04 Å². The van der Waals surface area contributed by atoms with Crippen molar-refractivity contribution >= 4 is 29.2 Å². The molecule has 4 atom stereocenters. The van der Waals surface area contributed by atoms with Crippen LogP contribution in [0.25, 0.3) is 0 Å². The average Bonchev–Trinajstić information content (AvgIpc) is 3.17. The molecular weight excluding hydrogens is 443 g/mol. The maximum absolute atomic E-state index is 13.4. The van der Waals surface area contributed by atoms with Crippen molar-refractivity contribution < 1.29 is 9.53 Å². The predicted octanol–water partition coefficient (Wildman–Crippen LogP) is 5.86. The molecule has 2 aromatic carbocycles. The Kier molecular flexibility index (Phi) is 5.57. The molecule has 1 aliphatic carbocycles. The van der Waals surface area contributed by atoms with Crippen LogP contribution in [0.2, 0.25) is 10.0 Å². The number of hydrogen-bond acceptors (Lipinski definition) is 4. The van der Waals surface area contributed by atoms with Gasteiger partial charge in [-0.05, 0) is 68.0 Å². The Morgan fingerprint density at radius 3 is 2.34 bits per heavy atom. The molecular formula is C26H30Cl2N2O2. The van der Waals surface area contributed by atoms with Crippen molar-refractivity contribution in [3.8, 4) is 0 Å². The second-order valence-corrected chi connectivity index (χ2v) is 10.9. The van der Waals surface area contributed by atoms with Crippen molar-refractivity contribution in [2.75, 3.05) is 0 Å². The number of hydrogen-bond donors (Lipinski definition) is 1. The van der Waals surface area contributed by atoms with E-state index in [0.29, 0.717) is 16.0 Å². The van der Waals surface area contributed by atoms with E-state index in [4.69, 9.17) is 33.7 Å². The topological polar surface area (TPSA) is 55.6 Å². The molecule has 2 N–H and O–H groups in total. The van der Waals surface area contributed by atoms with Gasteiger partial charge >= 0.3 is 5.97 Å². The molecule has 0 radical (unpaired) electrons. The summed E-state index contributed by atoms with van der Waals surface area (Å²) in [6.07, 6.45) is 5.84. The fraction of sp³-hybridized carbons (Fsp3) is 0.500. The molecule has 0 aromatic heterocycles. The lowest BCUT2D eigenvalue weighted by Crippen LogP contribution is -2.58. The molecule has 170 valence electrons. The zero-order chi connectivity index (χ0) is 22.7. The van der Waals surface area contributed by atoms with Crippen LogP contribution >= 0.6 is 23.2 Å². The monoisotopic (exact) mass is 472 g/mol. The summed E-state index contributed by atoms with van der Waals surface area (Å²) < 4.78 is 5.94. The van der Waals surface area contributed by atoms with Crippen LogP contribution in [0.15, 0.2) is 48.5 Å². The summed E-state index contributed by atoms with van der Waals surface area (Å²) >= 11 is 12.7. The van der Waals surface area contributed by atoms with E-state index in [-0.39, 0.29) is 17.9 Å². The van der Waals surface area contributed by atoms with Gasteiger partial charge in [0.05, 0.1) is 5.54 Å². The first-order chi connectivity index (χ1) is 15.2. The van der Waals surface area contributed by atoms with Crippen LogP contribution in [-0.2, 0) is 15.1 Å². The first kappa shape index (κ1) is 22.2. The van der Waals surface area contributed by atoms with Gasteiger partial charge in [0.15, 0.2) is 5.72 Å². The number of carbonyl (C=O) groups excluding carboxylic acids is 1. The first-order valence-corrected chi connectivity index (χ1v) is 12.3. The van der Waals surface area contributed by atoms with E-state index in [1.807, 2.05) is 62.4 Å². The highest BCUT2D eigenvalue weighted by Gasteiger charge is 2.69. The number of carbonyl (C=O) groups is 1. The van der Waals surface area contributed by atoms with Crippen molar-refractivity contribution in [2.24, 2.45) is 11.7 Å². The first-order valence-electron chi connectivity index (χ1n) is 11.5. The van der Waals surface area contributed by atoms with E-state index in [9.17, 15) is 4.79 Å². The van der Waals surface area contributed by atoms with Crippen LogP contribution in [-0.4, -0.2) is 28.7 Å². The minimum atomic E-state index is -0.793. The molecule has 0 amide bonds. The molecule has 2 saturated heterocycles.